The van der Waals surface area contributed by atoms with Gasteiger partial charge in [0.2, 0.25) is 0 Å². The molecule has 3 unspecified atom stereocenters. The number of rotatable bonds is 3. The lowest BCUT2D eigenvalue weighted by Crippen LogP contribution is -2.21. The van der Waals surface area contributed by atoms with Gasteiger partial charge >= 0.3 is 6.18 Å². The first-order valence-corrected chi connectivity index (χ1v) is 6.94. The van der Waals surface area contributed by atoms with Crippen molar-refractivity contribution in [1.29, 1.82) is 0 Å². The van der Waals surface area contributed by atoms with Crippen LogP contribution in [0.15, 0.2) is 24.3 Å². The van der Waals surface area contributed by atoms with E-state index in [1.807, 2.05) is 0 Å². The number of benzene rings is 1. The summed E-state index contributed by atoms with van der Waals surface area (Å²) in [5, 5.41) is 3.03. The number of fused-ring (bicyclic) bond motifs is 2. The Kier molecular flexibility index (Phi) is 3.19. The highest BCUT2D eigenvalue weighted by molar-refractivity contribution is 5.52. The van der Waals surface area contributed by atoms with E-state index < -0.39 is 11.7 Å². The zero-order valence-corrected chi connectivity index (χ0v) is 10.7. The molecule has 0 aliphatic heterocycles. The SMILES string of the molecule is FC(F)(F)c1ccccc1NCC1CC2CCC1C2. The molecule has 2 saturated carbocycles. The van der Waals surface area contributed by atoms with Gasteiger partial charge < -0.3 is 5.32 Å². The first-order valence-electron chi connectivity index (χ1n) is 6.94. The first-order chi connectivity index (χ1) is 9.04. The van der Waals surface area contributed by atoms with E-state index in [-0.39, 0.29) is 5.69 Å². The molecule has 0 saturated heterocycles. The van der Waals surface area contributed by atoms with Gasteiger partial charge in [0.05, 0.1) is 5.56 Å². The van der Waals surface area contributed by atoms with E-state index in [0.29, 0.717) is 12.5 Å². The van der Waals surface area contributed by atoms with E-state index in [2.05, 4.69) is 5.32 Å². The van der Waals surface area contributed by atoms with Crippen molar-refractivity contribution in [2.45, 2.75) is 31.9 Å². The van der Waals surface area contributed by atoms with Gasteiger partial charge in [-0.25, -0.2) is 0 Å². The lowest BCUT2D eigenvalue weighted by Gasteiger charge is -2.23. The van der Waals surface area contributed by atoms with Crippen LogP contribution in [0.2, 0.25) is 0 Å². The fourth-order valence-electron chi connectivity index (χ4n) is 3.75. The largest absolute Gasteiger partial charge is 0.418 e. The van der Waals surface area contributed by atoms with Crippen molar-refractivity contribution in [2.75, 3.05) is 11.9 Å². The molecule has 104 valence electrons. The molecule has 2 bridgehead atoms. The van der Waals surface area contributed by atoms with Crippen LogP contribution in [0.25, 0.3) is 0 Å². The molecule has 2 fully saturated rings. The normalized spacial score (nSPS) is 29.7. The zero-order valence-electron chi connectivity index (χ0n) is 10.7. The molecule has 1 N–H and O–H groups in total. The molecule has 3 atom stereocenters. The number of para-hydroxylation sites is 1. The van der Waals surface area contributed by atoms with Crippen molar-refractivity contribution < 1.29 is 13.2 Å². The van der Waals surface area contributed by atoms with Crippen LogP contribution in [-0.4, -0.2) is 6.54 Å². The van der Waals surface area contributed by atoms with Crippen LogP contribution in [0.1, 0.15) is 31.2 Å². The number of halogens is 3. The summed E-state index contributed by atoms with van der Waals surface area (Å²) in [5.74, 6) is 2.12. The summed E-state index contributed by atoms with van der Waals surface area (Å²) >= 11 is 0. The van der Waals surface area contributed by atoms with Crippen LogP contribution in [0.4, 0.5) is 18.9 Å². The average Bonchev–Trinajstić information content (AvgIpc) is 2.97. The predicted octanol–water partition coefficient (Wildman–Crippen LogP) is 4.55. The Morgan fingerprint density at radius 2 is 1.89 bits per heavy atom. The number of nitrogens with one attached hydrogen (secondary N) is 1. The lowest BCUT2D eigenvalue weighted by molar-refractivity contribution is -0.137. The van der Waals surface area contributed by atoms with Crippen LogP contribution >= 0.6 is 0 Å². The maximum absolute atomic E-state index is 12.9. The van der Waals surface area contributed by atoms with E-state index in [1.165, 1.54) is 37.8 Å². The molecule has 1 aromatic carbocycles. The van der Waals surface area contributed by atoms with Gasteiger partial charge in [-0.3, -0.25) is 0 Å². The smallest absolute Gasteiger partial charge is 0.384 e. The van der Waals surface area contributed by atoms with Crippen molar-refractivity contribution in [3.8, 4) is 0 Å². The van der Waals surface area contributed by atoms with Gasteiger partial charge in [0, 0.05) is 12.2 Å². The van der Waals surface area contributed by atoms with Gasteiger partial charge in [0.15, 0.2) is 0 Å². The lowest BCUT2D eigenvalue weighted by atomic mass is 9.89. The Morgan fingerprint density at radius 1 is 1.11 bits per heavy atom. The van der Waals surface area contributed by atoms with Crippen molar-refractivity contribution in [3.05, 3.63) is 29.8 Å². The molecule has 2 aliphatic rings. The van der Waals surface area contributed by atoms with E-state index in [9.17, 15) is 13.2 Å². The van der Waals surface area contributed by atoms with E-state index >= 15 is 0 Å². The molecule has 1 aromatic rings. The minimum absolute atomic E-state index is 0.220. The summed E-state index contributed by atoms with van der Waals surface area (Å²) in [6, 6.07) is 5.75. The summed E-state index contributed by atoms with van der Waals surface area (Å²) in [5.41, 5.74) is -0.337. The molecule has 0 spiro atoms. The summed E-state index contributed by atoms with van der Waals surface area (Å²) in [7, 11) is 0. The second-order valence-electron chi connectivity index (χ2n) is 5.86. The molecule has 0 aromatic heterocycles. The monoisotopic (exact) mass is 269 g/mol. The molecule has 1 nitrogen and oxygen atoms in total. The topological polar surface area (TPSA) is 12.0 Å². The molecule has 0 amide bonds. The molecule has 0 heterocycles. The van der Waals surface area contributed by atoms with Crippen LogP contribution < -0.4 is 5.32 Å². The molecular weight excluding hydrogens is 251 g/mol. The highest BCUT2D eigenvalue weighted by Gasteiger charge is 2.39. The highest BCUT2D eigenvalue weighted by atomic mass is 19.4. The Hall–Kier alpha value is -1.19. The third-order valence-electron chi connectivity index (χ3n) is 4.67. The summed E-state index contributed by atoms with van der Waals surface area (Å²) in [6.07, 6.45) is 0.773. The van der Waals surface area contributed by atoms with Gasteiger partial charge in [-0.1, -0.05) is 18.6 Å². The van der Waals surface area contributed by atoms with E-state index in [0.717, 1.165) is 17.9 Å². The third kappa shape index (κ3) is 2.58. The number of hydrogen-bond acceptors (Lipinski definition) is 1. The van der Waals surface area contributed by atoms with Crippen LogP contribution in [0.5, 0.6) is 0 Å². The summed E-state index contributed by atoms with van der Waals surface area (Å²) in [6.45, 7) is 0.675. The van der Waals surface area contributed by atoms with Crippen LogP contribution in [0, 0.1) is 17.8 Å². The van der Waals surface area contributed by atoms with Crippen molar-refractivity contribution in [1.82, 2.24) is 0 Å². The molecular formula is C15H18F3N. The van der Waals surface area contributed by atoms with Crippen LogP contribution in [-0.2, 0) is 6.18 Å². The Balaban J connectivity index is 1.67. The van der Waals surface area contributed by atoms with Gasteiger partial charge in [0.1, 0.15) is 0 Å². The van der Waals surface area contributed by atoms with Gasteiger partial charge in [-0.05, 0) is 49.1 Å². The maximum Gasteiger partial charge on any atom is 0.418 e. The summed E-state index contributed by atoms with van der Waals surface area (Å²) in [4.78, 5) is 0. The fourth-order valence-corrected chi connectivity index (χ4v) is 3.75. The third-order valence-corrected chi connectivity index (χ3v) is 4.67. The Labute approximate surface area is 111 Å². The van der Waals surface area contributed by atoms with Crippen molar-refractivity contribution in [2.24, 2.45) is 17.8 Å². The highest BCUT2D eigenvalue weighted by Crippen LogP contribution is 2.48. The minimum atomic E-state index is -4.28. The van der Waals surface area contributed by atoms with Crippen LogP contribution in [0.3, 0.4) is 0 Å². The molecule has 0 radical (unpaired) electrons. The summed E-state index contributed by atoms with van der Waals surface area (Å²) < 4.78 is 38.6. The fraction of sp³-hybridized carbons (Fsp3) is 0.600. The Bertz CT molecular complexity index is 455. The quantitative estimate of drug-likeness (QED) is 0.848. The second-order valence-corrected chi connectivity index (χ2v) is 5.86. The number of anilines is 1. The van der Waals surface area contributed by atoms with Crippen molar-refractivity contribution in [3.63, 3.8) is 0 Å². The molecule has 4 heteroatoms. The van der Waals surface area contributed by atoms with E-state index in [4.69, 9.17) is 0 Å². The molecule has 2 aliphatic carbocycles. The van der Waals surface area contributed by atoms with Gasteiger partial charge in [-0.15, -0.1) is 0 Å². The number of alkyl halides is 3. The molecule has 3 rings (SSSR count). The average molecular weight is 269 g/mol. The Morgan fingerprint density at radius 3 is 2.53 bits per heavy atom. The maximum atomic E-state index is 12.9. The van der Waals surface area contributed by atoms with E-state index in [1.54, 1.807) is 6.07 Å². The number of hydrogen-bond donors (Lipinski definition) is 1. The molecule has 19 heavy (non-hydrogen) atoms. The first kappa shape index (κ1) is 12.8. The minimum Gasteiger partial charge on any atom is -0.384 e. The predicted molar refractivity (Wildman–Crippen MR) is 68.9 cm³/mol. The van der Waals surface area contributed by atoms with Gasteiger partial charge in [0.25, 0.3) is 0 Å². The van der Waals surface area contributed by atoms with Gasteiger partial charge in [-0.2, -0.15) is 13.2 Å². The zero-order chi connectivity index (χ0) is 13.5. The second kappa shape index (κ2) is 4.73. The van der Waals surface area contributed by atoms with Crippen molar-refractivity contribution >= 4 is 5.69 Å². The standard InChI is InChI=1S/C15H18F3N/c16-15(17,18)13-3-1-2-4-14(13)19-9-12-8-10-5-6-11(12)7-10/h1-4,10-12,19H,5-9H2.